The van der Waals surface area contributed by atoms with Gasteiger partial charge in [0.25, 0.3) is 5.91 Å². The zero-order valence-electron chi connectivity index (χ0n) is 12.5. The average molecular weight is 300 g/mol. The van der Waals surface area contributed by atoms with E-state index in [1.807, 2.05) is 31.2 Å². The fraction of sp³-hybridized carbons (Fsp3) is 0.375. The second-order valence-electron chi connectivity index (χ2n) is 5.54. The number of rotatable bonds is 4. The van der Waals surface area contributed by atoms with Crippen molar-refractivity contribution >= 4 is 5.91 Å². The smallest absolute Gasteiger partial charge is 0.272 e. The molecule has 0 radical (unpaired) electrons. The van der Waals surface area contributed by atoms with Gasteiger partial charge < -0.3 is 15.7 Å². The van der Waals surface area contributed by atoms with Crippen LogP contribution in [0.4, 0.5) is 0 Å². The third kappa shape index (κ3) is 2.88. The van der Waals surface area contributed by atoms with Crippen LogP contribution in [0.2, 0.25) is 0 Å². The molecule has 1 amide bonds. The molecule has 2 aromatic rings. The van der Waals surface area contributed by atoms with E-state index in [1.165, 1.54) is 0 Å². The molecule has 116 valence electrons. The first-order valence-corrected chi connectivity index (χ1v) is 7.45. The Bertz CT molecular complexity index is 681. The van der Waals surface area contributed by atoms with Gasteiger partial charge in [-0.05, 0) is 18.1 Å². The normalized spacial score (nSPS) is 15.2. The van der Waals surface area contributed by atoms with Gasteiger partial charge in [-0.15, -0.1) is 0 Å². The number of aliphatic hydroxyl groups is 1. The summed E-state index contributed by atoms with van der Waals surface area (Å²) in [7, 11) is 0. The molecule has 22 heavy (non-hydrogen) atoms. The van der Waals surface area contributed by atoms with E-state index in [0.717, 1.165) is 35.3 Å². The highest BCUT2D eigenvalue weighted by Crippen LogP contribution is 2.18. The van der Waals surface area contributed by atoms with Gasteiger partial charge in [0.1, 0.15) is 0 Å². The van der Waals surface area contributed by atoms with Crippen LogP contribution in [0.1, 0.15) is 39.0 Å². The van der Waals surface area contributed by atoms with Crippen LogP contribution in [0.15, 0.2) is 24.3 Å². The maximum atomic E-state index is 12.3. The van der Waals surface area contributed by atoms with Gasteiger partial charge in [0, 0.05) is 37.3 Å². The zero-order chi connectivity index (χ0) is 15.5. The molecule has 0 aliphatic carbocycles. The number of benzene rings is 1. The summed E-state index contributed by atoms with van der Waals surface area (Å²) in [6.45, 7) is 3.64. The Labute approximate surface area is 128 Å². The molecule has 3 rings (SSSR count). The number of hydrogen-bond donors (Lipinski definition) is 4. The Balaban J connectivity index is 1.65. The summed E-state index contributed by atoms with van der Waals surface area (Å²) >= 11 is 0. The second-order valence-corrected chi connectivity index (χ2v) is 5.54. The van der Waals surface area contributed by atoms with Gasteiger partial charge in [0.15, 0.2) is 5.69 Å². The minimum Gasteiger partial charge on any atom is -0.387 e. The van der Waals surface area contributed by atoms with Crippen molar-refractivity contribution in [2.45, 2.75) is 26.0 Å². The van der Waals surface area contributed by atoms with E-state index in [4.69, 9.17) is 0 Å². The number of hydrogen-bond acceptors (Lipinski definition) is 4. The number of aryl methyl sites for hydroxylation is 1. The number of carbonyl (C=O) groups is 1. The summed E-state index contributed by atoms with van der Waals surface area (Å²) in [6, 6.07) is 7.61. The first-order chi connectivity index (χ1) is 10.7. The summed E-state index contributed by atoms with van der Waals surface area (Å²) in [5.41, 5.74) is 4.19. The van der Waals surface area contributed by atoms with Crippen molar-refractivity contribution in [2.24, 2.45) is 0 Å². The molecule has 1 unspecified atom stereocenters. The molecule has 0 spiro atoms. The number of amides is 1. The van der Waals surface area contributed by atoms with E-state index in [1.54, 1.807) is 0 Å². The molecule has 1 aromatic heterocycles. The lowest BCUT2D eigenvalue weighted by Gasteiger charge is -2.15. The van der Waals surface area contributed by atoms with Crippen LogP contribution in [0.5, 0.6) is 0 Å². The summed E-state index contributed by atoms with van der Waals surface area (Å²) in [6.07, 6.45) is 0.125. The molecule has 0 saturated heterocycles. The van der Waals surface area contributed by atoms with Crippen LogP contribution < -0.4 is 10.6 Å². The Morgan fingerprint density at radius 1 is 1.45 bits per heavy atom. The highest BCUT2D eigenvalue weighted by molar-refractivity contribution is 5.94. The quantitative estimate of drug-likeness (QED) is 0.673. The molecule has 2 heterocycles. The molecule has 0 saturated carbocycles. The van der Waals surface area contributed by atoms with Crippen molar-refractivity contribution < 1.29 is 9.90 Å². The summed E-state index contributed by atoms with van der Waals surface area (Å²) in [4.78, 5) is 12.3. The number of aromatic amines is 1. The van der Waals surface area contributed by atoms with Crippen LogP contribution in [-0.4, -0.2) is 34.3 Å². The monoisotopic (exact) mass is 300 g/mol. The largest absolute Gasteiger partial charge is 0.387 e. The van der Waals surface area contributed by atoms with E-state index < -0.39 is 6.10 Å². The van der Waals surface area contributed by atoms with Gasteiger partial charge >= 0.3 is 0 Å². The van der Waals surface area contributed by atoms with Crippen molar-refractivity contribution in [1.29, 1.82) is 0 Å². The van der Waals surface area contributed by atoms with Gasteiger partial charge in [0.05, 0.1) is 6.10 Å². The number of aromatic nitrogens is 2. The maximum absolute atomic E-state index is 12.3. The highest BCUT2D eigenvalue weighted by atomic mass is 16.3. The van der Waals surface area contributed by atoms with Crippen molar-refractivity contribution in [3.63, 3.8) is 0 Å². The first-order valence-electron chi connectivity index (χ1n) is 7.45. The number of H-pyrrole nitrogens is 1. The predicted molar refractivity (Wildman–Crippen MR) is 82.5 cm³/mol. The number of fused-ring (bicyclic) bond motifs is 1. The summed E-state index contributed by atoms with van der Waals surface area (Å²) < 4.78 is 0. The second kappa shape index (κ2) is 6.29. The molecule has 1 aliphatic rings. The van der Waals surface area contributed by atoms with Crippen molar-refractivity contribution in [3.8, 4) is 0 Å². The van der Waals surface area contributed by atoms with Gasteiger partial charge in [0.2, 0.25) is 0 Å². The van der Waals surface area contributed by atoms with Gasteiger partial charge in [-0.25, -0.2) is 0 Å². The summed E-state index contributed by atoms with van der Waals surface area (Å²) in [5.74, 6) is -0.256. The predicted octanol–water partition coefficient (Wildman–Crippen LogP) is 0.827. The van der Waals surface area contributed by atoms with Gasteiger partial charge in [-0.3, -0.25) is 9.89 Å². The Hall–Kier alpha value is -2.18. The molecule has 0 fully saturated rings. The lowest BCUT2D eigenvalue weighted by Crippen LogP contribution is -2.31. The lowest BCUT2D eigenvalue weighted by molar-refractivity contribution is 0.0910. The van der Waals surface area contributed by atoms with E-state index in [0.29, 0.717) is 12.2 Å². The SMILES string of the molecule is Cc1ccccc1C(O)CNC(=O)c1n[nH]c2c1CNCC2. The van der Waals surface area contributed by atoms with Crippen LogP contribution in [0, 0.1) is 6.92 Å². The number of aliphatic hydroxyl groups excluding tert-OH is 1. The van der Waals surface area contributed by atoms with Crippen molar-refractivity contribution in [3.05, 3.63) is 52.3 Å². The fourth-order valence-electron chi connectivity index (χ4n) is 2.76. The standard InChI is InChI=1S/C16H20N4O2/c1-10-4-2-3-5-11(10)14(21)9-18-16(22)15-12-8-17-7-6-13(12)19-20-15/h2-5,14,17,21H,6-9H2,1H3,(H,18,22)(H,19,20). The van der Waals surface area contributed by atoms with E-state index in [9.17, 15) is 9.90 Å². The number of carbonyl (C=O) groups excluding carboxylic acids is 1. The molecular weight excluding hydrogens is 280 g/mol. The minimum atomic E-state index is -0.724. The molecule has 6 heteroatoms. The third-order valence-electron chi connectivity index (χ3n) is 4.02. The van der Waals surface area contributed by atoms with Crippen LogP contribution >= 0.6 is 0 Å². The Morgan fingerprint density at radius 2 is 2.27 bits per heavy atom. The van der Waals surface area contributed by atoms with E-state index >= 15 is 0 Å². The first kappa shape index (κ1) is 14.7. The third-order valence-corrected chi connectivity index (χ3v) is 4.02. The average Bonchev–Trinajstić information content (AvgIpc) is 2.97. The van der Waals surface area contributed by atoms with Crippen LogP contribution in [0.25, 0.3) is 0 Å². The van der Waals surface area contributed by atoms with Crippen LogP contribution in [0.3, 0.4) is 0 Å². The molecule has 1 aliphatic heterocycles. The van der Waals surface area contributed by atoms with Gasteiger partial charge in [-0.2, -0.15) is 5.10 Å². The Morgan fingerprint density at radius 3 is 3.09 bits per heavy atom. The van der Waals surface area contributed by atoms with E-state index in [-0.39, 0.29) is 12.5 Å². The molecule has 0 bridgehead atoms. The molecule has 4 N–H and O–H groups in total. The number of nitrogens with one attached hydrogen (secondary N) is 3. The van der Waals surface area contributed by atoms with Gasteiger partial charge in [-0.1, -0.05) is 24.3 Å². The zero-order valence-corrected chi connectivity index (χ0v) is 12.5. The lowest BCUT2D eigenvalue weighted by atomic mass is 10.0. The minimum absolute atomic E-state index is 0.165. The summed E-state index contributed by atoms with van der Waals surface area (Å²) in [5, 5.41) is 23.3. The molecule has 1 atom stereocenters. The number of nitrogens with zero attached hydrogens (tertiary/aromatic N) is 1. The fourth-order valence-corrected chi connectivity index (χ4v) is 2.76. The maximum Gasteiger partial charge on any atom is 0.272 e. The molecule has 6 nitrogen and oxygen atoms in total. The molecule has 1 aromatic carbocycles. The Kier molecular flexibility index (Phi) is 4.22. The molecular formula is C16H20N4O2. The topological polar surface area (TPSA) is 90.0 Å². The van der Waals surface area contributed by atoms with Crippen molar-refractivity contribution in [1.82, 2.24) is 20.8 Å². The van der Waals surface area contributed by atoms with E-state index in [2.05, 4.69) is 20.8 Å². The van der Waals surface area contributed by atoms with Crippen LogP contribution in [-0.2, 0) is 13.0 Å². The highest BCUT2D eigenvalue weighted by Gasteiger charge is 2.22. The van der Waals surface area contributed by atoms with Crippen molar-refractivity contribution in [2.75, 3.05) is 13.1 Å².